The Kier molecular flexibility index (Phi) is 6.87. The fraction of sp³-hybridized carbons (Fsp3) is 0.941. The van der Waals surface area contributed by atoms with Gasteiger partial charge in [-0.2, -0.15) is 0 Å². The van der Waals surface area contributed by atoms with Crippen molar-refractivity contribution in [3.63, 3.8) is 0 Å². The van der Waals surface area contributed by atoms with Crippen LogP contribution in [0, 0.1) is 6.22 Å². The van der Waals surface area contributed by atoms with Crippen molar-refractivity contribution in [2.75, 3.05) is 0 Å². The Morgan fingerprint density at radius 1 is 0.682 bits per heavy atom. The van der Waals surface area contributed by atoms with Gasteiger partial charge in [-0.3, -0.25) is 0 Å². The quantitative estimate of drug-likeness (QED) is 0.646. The highest BCUT2D eigenvalue weighted by molar-refractivity contribution is 7.14. The van der Waals surface area contributed by atoms with Gasteiger partial charge in [0.05, 0.1) is 0 Å². The van der Waals surface area contributed by atoms with E-state index < -0.39 is 8.07 Å². The molecular weight excluding hydrogens is 282 g/mol. The van der Waals surface area contributed by atoms with Gasteiger partial charge in [-0.15, -0.1) is 0 Å². The zero-order chi connectivity index (χ0) is 17.4. The number of nitrogens with zero attached hydrogens (tertiary/aromatic N) is 2. The van der Waals surface area contributed by atoms with Crippen molar-refractivity contribution in [2.45, 2.75) is 105 Å². The molecule has 1 saturated heterocycles. The maximum atomic E-state index is 2.73. The van der Waals surface area contributed by atoms with Crippen LogP contribution in [-0.2, 0) is 0 Å². The molecule has 1 fully saturated rings. The molecule has 0 saturated carbocycles. The zero-order valence-electron chi connectivity index (χ0n) is 17.0. The largest absolute Gasteiger partial charge is 0.338 e. The van der Waals surface area contributed by atoms with Crippen LogP contribution in [0.1, 0.15) is 55.4 Å². The maximum Gasteiger partial charge on any atom is 0.214 e. The van der Waals surface area contributed by atoms with Crippen molar-refractivity contribution in [3.05, 3.63) is 6.22 Å². The number of hydrogen-bond acceptors (Lipinski definition) is 2. The third kappa shape index (κ3) is 4.21. The van der Waals surface area contributed by atoms with Crippen LogP contribution in [0.15, 0.2) is 0 Å². The van der Waals surface area contributed by atoms with E-state index in [2.05, 4.69) is 90.9 Å². The molecule has 0 amide bonds. The minimum Gasteiger partial charge on any atom is -0.338 e. The number of hydrogen-bond donors (Lipinski definition) is 0. The SMILES string of the molecule is CC(C)N(B1[CH]B(N(C(C)C)C(C)C)C1[Si](C)(C)C)C(C)C. The van der Waals surface area contributed by atoms with Crippen molar-refractivity contribution < 1.29 is 0 Å². The van der Waals surface area contributed by atoms with Crippen LogP contribution in [0.2, 0.25) is 25.0 Å². The van der Waals surface area contributed by atoms with Gasteiger partial charge in [-0.05, 0) is 24.2 Å². The first-order valence-electron chi connectivity index (χ1n) is 9.29. The summed E-state index contributed by atoms with van der Waals surface area (Å²) in [5.74, 6) is 0. The Balaban J connectivity index is 3.07. The summed E-state index contributed by atoms with van der Waals surface area (Å²) < 4.78 is 0. The smallest absolute Gasteiger partial charge is 0.214 e. The van der Waals surface area contributed by atoms with Crippen LogP contribution in [0.3, 0.4) is 0 Å². The zero-order valence-corrected chi connectivity index (χ0v) is 18.0. The summed E-state index contributed by atoms with van der Waals surface area (Å²) in [6.45, 7) is 27.8. The van der Waals surface area contributed by atoms with E-state index in [-0.39, 0.29) is 0 Å². The van der Waals surface area contributed by atoms with E-state index in [1.807, 2.05) is 0 Å². The minimum atomic E-state index is -1.22. The summed E-state index contributed by atoms with van der Waals surface area (Å²) in [7, 11) is -1.22. The van der Waals surface area contributed by atoms with Gasteiger partial charge in [0.1, 0.15) is 0 Å². The third-order valence-corrected chi connectivity index (χ3v) is 7.89. The number of rotatable bonds is 7. The molecular formula is C17H39B2N2Si. The van der Waals surface area contributed by atoms with E-state index in [1.54, 1.807) is 0 Å². The molecule has 0 aromatic heterocycles. The van der Waals surface area contributed by atoms with Gasteiger partial charge in [0, 0.05) is 8.07 Å². The third-order valence-electron chi connectivity index (χ3n) is 5.20. The van der Waals surface area contributed by atoms with Gasteiger partial charge in [0.2, 0.25) is 13.7 Å². The fourth-order valence-electron chi connectivity index (χ4n) is 4.66. The lowest BCUT2D eigenvalue weighted by molar-refractivity contribution is 0.287. The first-order chi connectivity index (χ1) is 9.89. The summed E-state index contributed by atoms with van der Waals surface area (Å²) in [5, 5.41) is 0.835. The van der Waals surface area contributed by atoms with Gasteiger partial charge in [0.25, 0.3) is 0 Å². The summed E-state index contributed by atoms with van der Waals surface area (Å²) >= 11 is 0. The van der Waals surface area contributed by atoms with Gasteiger partial charge in [-0.1, -0.05) is 86.6 Å². The molecule has 0 unspecified atom stereocenters. The molecule has 0 bridgehead atoms. The first-order valence-corrected chi connectivity index (χ1v) is 12.9. The molecule has 1 heterocycles. The Morgan fingerprint density at radius 3 is 1.14 bits per heavy atom. The molecule has 0 aliphatic carbocycles. The van der Waals surface area contributed by atoms with E-state index in [4.69, 9.17) is 0 Å². The molecule has 0 aromatic rings. The highest BCUT2D eigenvalue weighted by Gasteiger charge is 2.58. The normalized spacial score (nSPS) is 17.9. The van der Waals surface area contributed by atoms with Crippen LogP contribution >= 0.6 is 0 Å². The van der Waals surface area contributed by atoms with E-state index in [0.29, 0.717) is 37.9 Å². The highest BCUT2D eigenvalue weighted by atomic mass is 28.3. The average Bonchev–Trinajstić information content (AvgIpc) is 2.21. The molecule has 2 nitrogen and oxygen atoms in total. The topological polar surface area (TPSA) is 6.48 Å². The Labute approximate surface area is 142 Å². The second-order valence-electron chi connectivity index (χ2n) is 9.33. The summed E-state index contributed by atoms with van der Waals surface area (Å²) in [5.41, 5.74) is 0. The van der Waals surface area contributed by atoms with Crippen LogP contribution in [0.5, 0.6) is 0 Å². The van der Waals surface area contributed by atoms with Crippen molar-refractivity contribution in [1.82, 2.24) is 9.62 Å². The molecule has 0 N–H and O–H groups in total. The van der Waals surface area contributed by atoms with Crippen molar-refractivity contribution in [3.8, 4) is 0 Å². The molecule has 1 aliphatic heterocycles. The lowest BCUT2D eigenvalue weighted by atomic mass is 9.15. The van der Waals surface area contributed by atoms with Crippen molar-refractivity contribution in [1.29, 1.82) is 0 Å². The lowest BCUT2D eigenvalue weighted by Crippen LogP contribution is -2.74. The van der Waals surface area contributed by atoms with Gasteiger partial charge < -0.3 is 9.62 Å². The maximum absolute atomic E-state index is 2.73. The first kappa shape index (κ1) is 20.3. The Bertz CT molecular complexity index is 311. The van der Waals surface area contributed by atoms with Gasteiger partial charge >= 0.3 is 0 Å². The molecule has 0 atom stereocenters. The second kappa shape index (κ2) is 7.44. The molecule has 22 heavy (non-hydrogen) atoms. The Morgan fingerprint density at radius 2 is 0.955 bits per heavy atom. The summed E-state index contributed by atoms with van der Waals surface area (Å²) in [6.07, 6.45) is 2.66. The predicted molar refractivity (Wildman–Crippen MR) is 107 cm³/mol. The second-order valence-corrected chi connectivity index (χ2v) is 14.7. The molecule has 0 spiro atoms. The molecule has 0 aromatic carbocycles. The standard InChI is InChI=1S/C17H39B2N2Si/c1-13(2)20(14(3)4)18-12-19(17(18)22(9,10)11)21(15(5)6)16(7)8/h12-17H,1-11H3. The summed E-state index contributed by atoms with van der Waals surface area (Å²) in [4.78, 5) is 5.47. The van der Waals surface area contributed by atoms with E-state index in [9.17, 15) is 0 Å². The molecule has 127 valence electrons. The van der Waals surface area contributed by atoms with Crippen molar-refractivity contribution in [2.24, 2.45) is 0 Å². The van der Waals surface area contributed by atoms with E-state index in [0.717, 1.165) is 5.34 Å². The van der Waals surface area contributed by atoms with Crippen LogP contribution in [0.4, 0.5) is 0 Å². The van der Waals surface area contributed by atoms with Crippen LogP contribution in [0.25, 0.3) is 0 Å². The van der Waals surface area contributed by atoms with E-state index in [1.165, 1.54) is 0 Å². The predicted octanol–water partition coefficient (Wildman–Crippen LogP) is 4.29. The molecule has 1 radical (unpaired) electrons. The van der Waals surface area contributed by atoms with Crippen molar-refractivity contribution >= 4 is 21.8 Å². The average molecular weight is 321 g/mol. The van der Waals surface area contributed by atoms with Gasteiger partial charge in [0.15, 0.2) is 0 Å². The van der Waals surface area contributed by atoms with Gasteiger partial charge in [-0.25, -0.2) is 0 Å². The monoisotopic (exact) mass is 321 g/mol. The molecule has 1 rings (SSSR count). The van der Waals surface area contributed by atoms with E-state index >= 15 is 0 Å². The highest BCUT2D eigenvalue weighted by Crippen LogP contribution is 2.43. The van der Waals surface area contributed by atoms with Crippen LogP contribution in [-0.4, -0.2) is 55.6 Å². The molecule has 5 heteroatoms. The minimum absolute atomic E-state index is 0.618. The fourth-order valence-corrected chi connectivity index (χ4v) is 7.28. The lowest BCUT2D eigenvalue weighted by Gasteiger charge is -2.58. The van der Waals surface area contributed by atoms with Crippen LogP contribution < -0.4 is 0 Å². The molecule has 1 aliphatic rings. The Hall–Kier alpha value is 0.267. The summed E-state index contributed by atoms with van der Waals surface area (Å²) in [6, 6.07) is 2.47.